The molecule has 0 atom stereocenters. The molecule has 0 bridgehead atoms. The number of carbonyl (C=O) groups excluding carboxylic acids is 1. The maximum Gasteiger partial charge on any atom is 0.294 e. The second-order valence-electron chi connectivity index (χ2n) is 7.72. The number of aryl methyl sites for hydroxylation is 1. The van der Waals surface area contributed by atoms with E-state index >= 15 is 0 Å². The zero-order valence-corrected chi connectivity index (χ0v) is 19.5. The molecule has 8 heteroatoms. The van der Waals surface area contributed by atoms with Crippen molar-refractivity contribution < 1.29 is 9.53 Å². The predicted molar refractivity (Wildman–Crippen MR) is 133 cm³/mol. The largest absolute Gasteiger partial charge is 0.453 e. The average Bonchev–Trinajstić information content (AvgIpc) is 2.84. The molecule has 4 rings (SSSR count). The fourth-order valence-electron chi connectivity index (χ4n) is 3.40. The van der Waals surface area contributed by atoms with Crippen LogP contribution in [0.2, 0.25) is 5.02 Å². The van der Waals surface area contributed by atoms with Crippen LogP contribution in [0.25, 0.3) is 0 Å². The molecule has 172 valence electrons. The SMILES string of the molecule is CN(Cc1ccccc1)C(=O)c1cccc(Nc2c(Oc3cccc(Cl)c3)cnn(C)c2=O)c1. The number of hydrogen-bond acceptors (Lipinski definition) is 5. The van der Waals surface area contributed by atoms with Crippen LogP contribution in [0.3, 0.4) is 0 Å². The van der Waals surface area contributed by atoms with Gasteiger partial charge in [0.05, 0.1) is 6.20 Å². The molecule has 34 heavy (non-hydrogen) atoms. The van der Waals surface area contributed by atoms with E-state index in [2.05, 4.69) is 10.4 Å². The van der Waals surface area contributed by atoms with Gasteiger partial charge in [-0.15, -0.1) is 0 Å². The van der Waals surface area contributed by atoms with Gasteiger partial charge < -0.3 is 15.0 Å². The van der Waals surface area contributed by atoms with Crippen molar-refractivity contribution in [1.82, 2.24) is 14.7 Å². The lowest BCUT2D eigenvalue weighted by Crippen LogP contribution is -2.26. The Morgan fingerprint density at radius 1 is 1.06 bits per heavy atom. The van der Waals surface area contributed by atoms with Crippen LogP contribution in [0.1, 0.15) is 15.9 Å². The number of ether oxygens (including phenoxy) is 1. The van der Waals surface area contributed by atoms with Gasteiger partial charge in [0.15, 0.2) is 11.4 Å². The van der Waals surface area contributed by atoms with Gasteiger partial charge in [-0.05, 0) is 42.0 Å². The van der Waals surface area contributed by atoms with Crippen LogP contribution in [-0.4, -0.2) is 27.6 Å². The van der Waals surface area contributed by atoms with Gasteiger partial charge in [-0.2, -0.15) is 5.10 Å². The Morgan fingerprint density at radius 3 is 2.59 bits per heavy atom. The van der Waals surface area contributed by atoms with Crippen LogP contribution in [0, 0.1) is 0 Å². The second kappa shape index (κ2) is 10.2. The van der Waals surface area contributed by atoms with E-state index in [1.807, 2.05) is 30.3 Å². The molecule has 1 aromatic heterocycles. The van der Waals surface area contributed by atoms with E-state index in [1.54, 1.807) is 67.5 Å². The Bertz CT molecular complexity index is 1370. The summed E-state index contributed by atoms with van der Waals surface area (Å²) in [5.74, 6) is 0.575. The Hall–Kier alpha value is -4.10. The first kappa shape index (κ1) is 23.1. The first-order valence-electron chi connectivity index (χ1n) is 10.6. The van der Waals surface area contributed by atoms with E-state index in [9.17, 15) is 9.59 Å². The highest BCUT2D eigenvalue weighted by Crippen LogP contribution is 2.30. The molecule has 0 saturated carbocycles. The van der Waals surface area contributed by atoms with Crippen molar-refractivity contribution >= 4 is 28.9 Å². The van der Waals surface area contributed by atoms with Gasteiger partial charge in [0.2, 0.25) is 0 Å². The van der Waals surface area contributed by atoms with E-state index in [1.165, 1.54) is 10.9 Å². The van der Waals surface area contributed by atoms with Gasteiger partial charge in [-0.3, -0.25) is 9.59 Å². The van der Waals surface area contributed by atoms with Crippen LogP contribution in [0.5, 0.6) is 11.5 Å². The number of amides is 1. The number of rotatable bonds is 7. The summed E-state index contributed by atoms with van der Waals surface area (Å²) in [6.07, 6.45) is 1.45. The lowest BCUT2D eigenvalue weighted by Gasteiger charge is -2.18. The van der Waals surface area contributed by atoms with Gasteiger partial charge in [-0.1, -0.05) is 54.1 Å². The molecule has 0 saturated heterocycles. The minimum Gasteiger partial charge on any atom is -0.453 e. The molecule has 0 unspecified atom stereocenters. The van der Waals surface area contributed by atoms with Crippen molar-refractivity contribution in [2.75, 3.05) is 12.4 Å². The normalized spacial score (nSPS) is 10.6. The third-order valence-corrected chi connectivity index (χ3v) is 5.35. The summed E-state index contributed by atoms with van der Waals surface area (Å²) in [5.41, 5.74) is 1.91. The number of benzene rings is 3. The summed E-state index contributed by atoms with van der Waals surface area (Å²) < 4.78 is 7.09. The summed E-state index contributed by atoms with van der Waals surface area (Å²) in [4.78, 5) is 27.5. The molecule has 0 radical (unpaired) electrons. The maximum absolute atomic E-state index is 13.0. The van der Waals surface area contributed by atoms with Gasteiger partial charge in [0.25, 0.3) is 11.5 Å². The monoisotopic (exact) mass is 474 g/mol. The van der Waals surface area contributed by atoms with Crippen molar-refractivity contribution in [1.29, 1.82) is 0 Å². The molecule has 0 spiro atoms. The number of aromatic nitrogens is 2. The lowest BCUT2D eigenvalue weighted by atomic mass is 10.1. The van der Waals surface area contributed by atoms with Crippen molar-refractivity contribution in [3.63, 3.8) is 0 Å². The minimum atomic E-state index is -0.377. The first-order valence-corrected chi connectivity index (χ1v) is 10.9. The summed E-state index contributed by atoms with van der Waals surface area (Å²) in [6.45, 7) is 0.486. The zero-order chi connectivity index (χ0) is 24.1. The standard InChI is InChI=1S/C26H23ClN4O3/c1-30(17-18-8-4-3-5-9-18)25(32)19-10-6-12-21(14-19)29-24-23(16-28-31(2)26(24)33)34-22-13-7-11-20(27)15-22/h3-16,29H,17H2,1-2H3. The Labute approximate surface area is 202 Å². The third kappa shape index (κ3) is 5.44. The highest BCUT2D eigenvalue weighted by atomic mass is 35.5. The quantitative estimate of drug-likeness (QED) is 0.396. The highest BCUT2D eigenvalue weighted by molar-refractivity contribution is 6.30. The van der Waals surface area contributed by atoms with Crippen LogP contribution in [-0.2, 0) is 13.6 Å². The summed E-state index contributed by atoms with van der Waals surface area (Å²) in [7, 11) is 3.31. The Balaban J connectivity index is 1.58. The molecule has 4 aromatic rings. The molecule has 0 aliphatic carbocycles. The van der Waals surface area contributed by atoms with Crippen LogP contribution in [0.15, 0.2) is 89.9 Å². The van der Waals surface area contributed by atoms with Crippen molar-refractivity contribution in [2.45, 2.75) is 6.54 Å². The fourth-order valence-corrected chi connectivity index (χ4v) is 3.58. The Morgan fingerprint density at radius 2 is 1.82 bits per heavy atom. The first-order chi connectivity index (χ1) is 16.4. The number of nitrogens with one attached hydrogen (secondary N) is 1. The number of anilines is 2. The molecular weight excluding hydrogens is 452 g/mol. The summed E-state index contributed by atoms with van der Waals surface area (Å²) in [6, 6.07) is 23.6. The number of hydrogen-bond donors (Lipinski definition) is 1. The van der Waals surface area contributed by atoms with E-state index in [0.29, 0.717) is 28.6 Å². The molecule has 1 amide bonds. The molecule has 3 aromatic carbocycles. The lowest BCUT2D eigenvalue weighted by molar-refractivity contribution is 0.0785. The molecule has 1 N–H and O–H groups in total. The minimum absolute atomic E-state index is 0.134. The Kier molecular flexibility index (Phi) is 6.94. The van der Waals surface area contributed by atoms with Gasteiger partial charge >= 0.3 is 0 Å². The van der Waals surface area contributed by atoms with E-state index in [4.69, 9.17) is 16.3 Å². The number of halogens is 1. The third-order valence-electron chi connectivity index (χ3n) is 5.11. The van der Waals surface area contributed by atoms with Crippen LogP contribution >= 0.6 is 11.6 Å². The van der Waals surface area contributed by atoms with Crippen LogP contribution in [0.4, 0.5) is 11.4 Å². The van der Waals surface area contributed by atoms with E-state index in [-0.39, 0.29) is 22.9 Å². The fraction of sp³-hybridized carbons (Fsp3) is 0.115. The average molecular weight is 475 g/mol. The molecule has 0 aliphatic rings. The van der Waals surface area contributed by atoms with E-state index in [0.717, 1.165) is 5.56 Å². The number of carbonyl (C=O) groups is 1. The molecule has 7 nitrogen and oxygen atoms in total. The number of nitrogens with zero attached hydrogens (tertiary/aromatic N) is 3. The van der Waals surface area contributed by atoms with Crippen molar-refractivity contribution in [2.24, 2.45) is 7.05 Å². The van der Waals surface area contributed by atoms with Crippen molar-refractivity contribution in [3.8, 4) is 11.5 Å². The topological polar surface area (TPSA) is 76.5 Å². The molecule has 1 heterocycles. The molecule has 0 fully saturated rings. The smallest absolute Gasteiger partial charge is 0.294 e. The van der Waals surface area contributed by atoms with Crippen LogP contribution < -0.4 is 15.6 Å². The molecular formula is C26H23ClN4O3. The zero-order valence-electron chi connectivity index (χ0n) is 18.7. The van der Waals surface area contributed by atoms with Gasteiger partial charge in [0.1, 0.15) is 5.75 Å². The predicted octanol–water partition coefficient (Wildman–Crippen LogP) is 5.24. The second-order valence-corrected chi connectivity index (χ2v) is 8.16. The molecule has 0 aliphatic heterocycles. The van der Waals surface area contributed by atoms with E-state index < -0.39 is 0 Å². The van der Waals surface area contributed by atoms with Crippen molar-refractivity contribution in [3.05, 3.63) is 112 Å². The van der Waals surface area contributed by atoms with Gasteiger partial charge in [0, 0.05) is 36.9 Å². The maximum atomic E-state index is 13.0. The summed E-state index contributed by atoms with van der Waals surface area (Å²) >= 11 is 6.05. The highest BCUT2D eigenvalue weighted by Gasteiger charge is 2.16. The van der Waals surface area contributed by atoms with Gasteiger partial charge in [-0.25, -0.2) is 4.68 Å². The summed E-state index contributed by atoms with van der Waals surface area (Å²) in [5, 5.41) is 7.66.